The Hall–Kier alpha value is -6.07. The Balaban J connectivity index is 1.35. The Kier molecular flexibility index (Phi) is 4.80. The molecule has 0 bridgehead atoms. The summed E-state index contributed by atoms with van der Waals surface area (Å²) >= 11 is 0. The number of hydrogen-bond acceptors (Lipinski definition) is 0. The van der Waals surface area contributed by atoms with Crippen LogP contribution in [0.1, 0.15) is 22.3 Å². The molecule has 1 aliphatic heterocycles. The van der Waals surface area contributed by atoms with Gasteiger partial charge in [0.05, 0.1) is 33.2 Å². The fourth-order valence-electron chi connectivity index (χ4n) is 9.01. The third kappa shape index (κ3) is 2.92. The zero-order chi connectivity index (χ0) is 31.9. The van der Waals surface area contributed by atoms with Gasteiger partial charge >= 0.3 is 0 Å². The molecule has 7 aromatic carbocycles. The smallest absolute Gasteiger partial charge is 0.153 e. The molecule has 2 aromatic heterocycles. The van der Waals surface area contributed by atoms with E-state index in [0.717, 1.165) is 50.8 Å². The third-order valence-corrected chi connectivity index (χ3v) is 10.7. The molecule has 1 aliphatic carbocycles. The fourth-order valence-corrected chi connectivity index (χ4v) is 9.01. The highest BCUT2D eigenvalue weighted by molar-refractivity contribution is 6.15. The first-order valence-electron chi connectivity index (χ1n) is 16.0. The van der Waals surface area contributed by atoms with E-state index < -0.39 is 22.9 Å². The maximum absolute atomic E-state index is 15.5. The molecule has 11 rings (SSSR count). The van der Waals surface area contributed by atoms with Crippen LogP contribution < -0.4 is 0 Å². The van der Waals surface area contributed by atoms with E-state index in [0.29, 0.717) is 11.0 Å². The lowest BCUT2D eigenvalue weighted by atomic mass is 9.65. The van der Waals surface area contributed by atoms with Crippen molar-refractivity contribution in [1.29, 1.82) is 0 Å². The van der Waals surface area contributed by atoms with Crippen LogP contribution in [0.15, 0.2) is 140 Å². The van der Waals surface area contributed by atoms with Crippen molar-refractivity contribution in [3.63, 3.8) is 0 Å². The highest BCUT2D eigenvalue weighted by atomic mass is 19.1. The second kappa shape index (κ2) is 8.84. The van der Waals surface area contributed by atoms with Gasteiger partial charge in [-0.1, -0.05) is 97.1 Å². The minimum Gasteiger partial charge on any atom is -0.309 e. The van der Waals surface area contributed by atoms with E-state index in [1.54, 1.807) is 4.57 Å². The van der Waals surface area contributed by atoms with Crippen molar-refractivity contribution in [3.8, 4) is 22.5 Å². The van der Waals surface area contributed by atoms with Gasteiger partial charge in [0.2, 0.25) is 0 Å². The van der Waals surface area contributed by atoms with E-state index in [9.17, 15) is 4.39 Å². The summed E-state index contributed by atoms with van der Waals surface area (Å²) < 4.78 is 49.2. The Morgan fingerprint density at radius 3 is 1.81 bits per heavy atom. The van der Waals surface area contributed by atoms with Crippen LogP contribution in [-0.2, 0) is 5.41 Å². The van der Waals surface area contributed by atoms with Crippen molar-refractivity contribution in [2.45, 2.75) is 5.41 Å². The van der Waals surface area contributed by atoms with E-state index in [1.807, 2.05) is 30.3 Å². The molecule has 2 nitrogen and oxygen atoms in total. The van der Waals surface area contributed by atoms with Gasteiger partial charge in [-0.2, -0.15) is 0 Å². The largest absolute Gasteiger partial charge is 0.309 e. The lowest BCUT2D eigenvalue weighted by Gasteiger charge is -2.39. The van der Waals surface area contributed by atoms with Crippen LogP contribution in [-0.4, -0.2) is 9.13 Å². The van der Waals surface area contributed by atoms with Gasteiger partial charge in [0.1, 0.15) is 11.5 Å². The van der Waals surface area contributed by atoms with Gasteiger partial charge < -0.3 is 9.13 Å². The molecule has 48 heavy (non-hydrogen) atoms. The lowest BCUT2D eigenvalue weighted by Crippen LogP contribution is -2.33. The van der Waals surface area contributed by atoms with E-state index in [-0.39, 0.29) is 5.69 Å². The van der Waals surface area contributed by atoms with Gasteiger partial charge in [-0.3, -0.25) is 0 Å². The SMILES string of the molecule is Fc1cc(F)c(-n2c3ccccc3c3cc4c(cc32)-c2ccccc2C42c3ccccc3-n3c4ccccc4c4cccc2c43)c(F)c1. The highest BCUT2D eigenvalue weighted by Crippen LogP contribution is 2.61. The molecule has 1 spiro atoms. The number of aromatic nitrogens is 2. The Morgan fingerprint density at radius 2 is 1.02 bits per heavy atom. The van der Waals surface area contributed by atoms with Gasteiger partial charge in [0.25, 0.3) is 0 Å². The molecule has 0 radical (unpaired) electrons. The van der Waals surface area contributed by atoms with Crippen LogP contribution in [0, 0.1) is 17.5 Å². The highest BCUT2D eigenvalue weighted by Gasteiger charge is 2.51. The summed E-state index contributed by atoms with van der Waals surface area (Å²) in [5, 5.41) is 4.13. The van der Waals surface area contributed by atoms with E-state index in [2.05, 4.69) is 102 Å². The number of para-hydroxylation sites is 4. The van der Waals surface area contributed by atoms with Crippen molar-refractivity contribution in [1.82, 2.24) is 9.13 Å². The van der Waals surface area contributed by atoms with Crippen LogP contribution in [0.5, 0.6) is 0 Å². The Morgan fingerprint density at radius 1 is 0.417 bits per heavy atom. The lowest BCUT2D eigenvalue weighted by molar-refractivity contribution is 0.537. The molecule has 0 amide bonds. The molecule has 9 aromatic rings. The van der Waals surface area contributed by atoms with E-state index in [4.69, 9.17) is 0 Å². The van der Waals surface area contributed by atoms with Gasteiger partial charge in [-0.15, -0.1) is 0 Å². The van der Waals surface area contributed by atoms with Crippen molar-refractivity contribution in [3.05, 3.63) is 179 Å². The maximum Gasteiger partial charge on any atom is 0.153 e. The number of fused-ring (bicyclic) bond motifs is 15. The minimum absolute atomic E-state index is 0.291. The first-order chi connectivity index (χ1) is 23.6. The second-order valence-corrected chi connectivity index (χ2v) is 12.9. The van der Waals surface area contributed by atoms with Crippen LogP contribution in [0.25, 0.3) is 66.1 Å². The van der Waals surface area contributed by atoms with Crippen molar-refractivity contribution in [2.24, 2.45) is 0 Å². The quantitative estimate of drug-likeness (QED) is 0.172. The summed E-state index contributed by atoms with van der Waals surface area (Å²) in [6.45, 7) is 0. The number of hydrogen-bond donors (Lipinski definition) is 0. The first kappa shape index (κ1) is 26.0. The molecule has 0 N–H and O–H groups in total. The predicted molar refractivity (Wildman–Crippen MR) is 186 cm³/mol. The Labute approximate surface area is 272 Å². The Bertz CT molecular complexity index is 2870. The monoisotopic (exact) mass is 624 g/mol. The summed E-state index contributed by atoms with van der Waals surface area (Å²) in [4.78, 5) is 0. The standard InChI is InChI=1S/C43H23F3N2/c44-24-20-35(45)42(36(46)21-24)48-38-18-7-3-12-27(38)30-22-34-29(23-40(30)48)25-10-1-4-14-31(25)43(34)32-15-5-8-19-39(32)47-37-17-6-2-11-26(37)28-13-9-16-33(43)41(28)47/h1-23H. The molecule has 5 heteroatoms. The number of nitrogens with zero attached hydrogens (tertiary/aromatic N) is 2. The van der Waals surface area contributed by atoms with Crippen molar-refractivity contribution in [2.75, 3.05) is 0 Å². The average molecular weight is 625 g/mol. The topological polar surface area (TPSA) is 9.86 Å². The summed E-state index contributed by atoms with van der Waals surface area (Å²) in [5.41, 5.74) is 10.6. The zero-order valence-electron chi connectivity index (χ0n) is 25.3. The van der Waals surface area contributed by atoms with Gasteiger partial charge in [-0.25, -0.2) is 13.2 Å². The number of rotatable bonds is 1. The summed E-state index contributed by atoms with van der Waals surface area (Å²) in [6.07, 6.45) is 0. The second-order valence-electron chi connectivity index (χ2n) is 12.9. The number of halogens is 3. The molecular weight excluding hydrogens is 601 g/mol. The summed E-state index contributed by atoms with van der Waals surface area (Å²) in [7, 11) is 0. The van der Waals surface area contributed by atoms with Crippen molar-refractivity contribution >= 4 is 43.6 Å². The van der Waals surface area contributed by atoms with Crippen molar-refractivity contribution < 1.29 is 13.2 Å². The predicted octanol–water partition coefficient (Wildman–Crippen LogP) is 11.0. The molecule has 1 atom stereocenters. The first-order valence-corrected chi connectivity index (χ1v) is 16.0. The normalized spacial score (nSPS) is 15.9. The van der Waals surface area contributed by atoms with E-state index >= 15 is 8.78 Å². The maximum atomic E-state index is 15.5. The number of benzene rings is 7. The van der Waals surface area contributed by atoms with Gasteiger partial charge in [-0.05, 0) is 63.7 Å². The summed E-state index contributed by atoms with van der Waals surface area (Å²) in [5.74, 6) is -2.85. The molecule has 2 aliphatic rings. The van der Waals surface area contributed by atoms with Crippen LogP contribution >= 0.6 is 0 Å². The molecular formula is C43H23F3N2. The average Bonchev–Trinajstić information content (AvgIpc) is 3.71. The van der Waals surface area contributed by atoms with Crippen LogP contribution in [0.4, 0.5) is 13.2 Å². The van der Waals surface area contributed by atoms with Crippen LogP contribution in [0.2, 0.25) is 0 Å². The molecule has 0 saturated heterocycles. The van der Waals surface area contributed by atoms with Crippen LogP contribution in [0.3, 0.4) is 0 Å². The van der Waals surface area contributed by atoms with E-state index in [1.165, 1.54) is 33.0 Å². The minimum atomic E-state index is -0.951. The molecule has 1 unspecified atom stereocenters. The molecule has 226 valence electrons. The summed E-state index contributed by atoms with van der Waals surface area (Å²) in [6, 6.07) is 45.8. The van der Waals surface area contributed by atoms with Gasteiger partial charge in [0, 0.05) is 33.7 Å². The molecule has 0 saturated carbocycles. The molecule has 3 heterocycles. The molecule has 0 fully saturated rings. The van der Waals surface area contributed by atoms with Gasteiger partial charge in [0.15, 0.2) is 11.6 Å². The zero-order valence-corrected chi connectivity index (χ0v) is 25.3. The third-order valence-electron chi connectivity index (χ3n) is 10.7. The fraction of sp³-hybridized carbons (Fsp3) is 0.0233.